The van der Waals surface area contributed by atoms with Crippen molar-refractivity contribution < 1.29 is 4.74 Å². The number of allylic oxidation sites excluding steroid dienone is 1. The summed E-state index contributed by atoms with van der Waals surface area (Å²) < 4.78 is 5.38. The van der Waals surface area contributed by atoms with Crippen molar-refractivity contribution in [2.24, 2.45) is 0 Å². The highest BCUT2D eigenvalue weighted by Gasteiger charge is 2.24. The molecule has 0 fully saturated rings. The maximum absolute atomic E-state index is 6.46. The summed E-state index contributed by atoms with van der Waals surface area (Å²) in [7, 11) is 3.79. The first-order valence-corrected chi connectivity index (χ1v) is 10.3. The number of benzene rings is 2. The van der Waals surface area contributed by atoms with Gasteiger partial charge in [-0.1, -0.05) is 35.9 Å². The molecule has 6 heteroatoms. The lowest BCUT2D eigenvalue weighted by Crippen LogP contribution is -2.33. The SMILES string of the molecule is COc1cccc(N(C)CC2=C(Cc3cccnc3)NN(c3ccccc3Cl)C2)c1. The number of rotatable bonds is 7. The van der Waals surface area contributed by atoms with Crippen LogP contribution in [0.2, 0.25) is 5.02 Å². The normalized spacial score (nSPS) is 13.4. The van der Waals surface area contributed by atoms with E-state index in [0.717, 1.165) is 41.7 Å². The number of halogens is 1. The van der Waals surface area contributed by atoms with Gasteiger partial charge in [0.15, 0.2) is 0 Å². The molecule has 154 valence electrons. The number of anilines is 2. The Kier molecular flexibility index (Phi) is 6.10. The van der Waals surface area contributed by atoms with Crippen molar-refractivity contribution in [2.45, 2.75) is 6.42 Å². The van der Waals surface area contributed by atoms with Gasteiger partial charge in [-0.25, -0.2) is 0 Å². The number of ether oxygens (including phenoxy) is 1. The Morgan fingerprint density at radius 3 is 2.77 bits per heavy atom. The van der Waals surface area contributed by atoms with Crippen molar-refractivity contribution >= 4 is 23.0 Å². The molecule has 2 heterocycles. The van der Waals surface area contributed by atoms with Crippen molar-refractivity contribution in [3.63, 3.8) is 0 Å². The lowest BCUT2D eigenvalue weighted by molar-refractivity contribution is 0.415. The first kappa shape index (κ1) is 20.1. The number of hydrogen-bond donors (Lipinski definition) is 1. The second-order valence-corrected chi connectivity index (χ2v) is 7.73. The third kappa shape index (κ3) is 4.52. The Labute approximate surface area is 182 Å². The zero-order valence-corrected chi connectivity index (χ0v) is 17.9. The number of nitrogens with one attached hydrogen (secondary N) is 1. The molecule has 2 aromatic carbocycles. The van der Waals surface area contributed by atoms with Crippen LogP contribution in [0.4, 0.5) is 11.4 Å². The zero-order valence-electron chi connectivity index (χ0n) is 17.2. The summed E-state index contributed by atoms with van der Waals surface area (Å²) in [6.07, 6.45) is 4.50. The number of methoxy groups -OCH3 is 1. The molecule has 1 aliphatic heterocycles. The third-order valence-corrected chi connectivity index (χ3v) is 5.53. The van der Waals surface area contributed by atoms with Gasteiger partial charge in [-0.05, 0) is 41.5 Å². The number of hydrazine groups is 1. The lowest BCUT2D eigenvalue weighted by Gasteiger charge is -2.23. The van der Waals surface area contributed by atoms with Gasteiger partial charge < -0.3 is 15.1 Å². The lowest BCUT2D eigenvalue weighted by atomic mass is 10.1. The Balaban J connectivity index is 1.59. The van der Waals surface area contributed by atoms with Gasteiger partial charge in [-0.3, -0.25) is 9.99 Å². The van der Waals surface area contributed by atoms with Crippen LogP contribution in [0.25, 0.3) is 0 Å². The van der Waals surface area contributed by atoms with Crippen molar-refractivity contribution in [3.05, 3.63) is 94.9 Å². The number of likely N-dealkylation sites (N-methyl/N-ethyl adjacent to an activating group) is 1. The third-order valence-electron chi connectivity index (χ3n) is 5.21. The minimum atomic E-state index is 0.730. The van der Waals surface area contributed by atoms with Crippen LogP contribution in [-0.2, 0) is 6.42 Å². The van der Waals surface area contributed by atoms with E-state index in [1.165, 1.54) is 16.8 Å². The predicted octanol–water partition coefficient (Wildman–Crippen LogP) is 4.70. The van der Waals surface area contributed by atoms with E-state index >= 15 is 0 Å². The molecular weight excluding hydrogens is 396 g/mol. The van der Waals surface area contributed by atoms with Gasteiger partial charge in [0.05, 0.1) is 24.4 Å². The van der Waals surface area contributed by atoms with Crippen molar-refractivity contribution in [1.29, 1.82) is 0 Å². The first-order valence-electron chi connectivity index (χ1n) is 9.88. The molecular formula is C24H25ClN4O. The molecule has 0 spiro atoms. The van der Waals surface area contributed by atoms with E-state index in [-0.39, 0.29) is 0 Å². The molecule has 0 saturated carbocycles. The highest BCUT2D eigenvalue weighted by atomic mass is 35.5. The Hall–Kier alpha value is -3.18. The predicted molar refractivity (Wildman–Crippen MR) is 123 cm³/mol. The molecule has 0 atom stereocenters. The highest BCUT2D eigenvalue weighted by molar-refractivity contribution is 6.33. The largest absolute Gasteiger partial charge is 0.497 e. The molecule has 1 N–H and O–H groups in total. The molecule has 0 aliphatic carbocycles. The molecule has 0 bridgehead atoms. The molecule has 0 unspecified atom stereocenters. The standard InChI is InChI=1S/C24H25ClN4O/c1-28(20-8-5-9-21(14-20)30-2)16-19-17-29(24-11-4-3-10-22(24)25)27-23(19)13-18-7-6-12-26-15-18/h3-12,14-15,27H,13,16-17H2,1-2H3. The minimum Gasteiger partial charge on any atom is -0.497 e. The Bertz CT molecular complexity index is 1040. The number of hydrogen-bond acceptors (Lipinski definition) is 5. The van der Waals surface area contributed by atoms with E-state index < -0.39 is 0 Å². The van der Waals surface area contributed by atoms with Crippen LogP contribution >= 0.6 is 11.6 Å². The van der Waals surface area contributed by atoms with Gasteiger partial charge in [0.25, 0.3) is 0 Å². The van der Waals surface area contributed by atoms with Crippen LogP contribution in [0.3, 0.4) is 0 Å². The molecule has 1 aromatic heterocycles. The van der Waals surface area contributed by atoms with Crippen LogP contribution < -0.4 is 20.1 Å². The van der Waals surface area contributed by atoms with E-state index in [0.29, 0.717) is 0 Å². The number of aromatic nitrogens is 1. The van der Waals surface area contributed by atoms with Crippen molar-refractivity contribution in [3.8, 4) is 5.75 Å². The molecule has 30 heavy (non-hydrogen) atoms. The molecule has 5 nitrogen and oxygen atoms in total. The van der Waals surface area contributed by atoms with Gasteiger partial charge in [-0.2, -0.15) is 0 Å². The maximum atomic E-state index is 6.46. The van der Waals surface area contributed by atoms with E-state index in [4.69, 9.17) is 16.3 Å². The van der Waals surface area contributed by atoms with Gasteiger partial charge in [0, 0.05) is 49.9 Å². The summed E-state index contributed by atoms with van der Waals surface area (Å²) in [6.45, 7) is 1.55. The summed E-state index contributed by atoms with van der Waals surface area (Å²) in [4.78, 5) is 6.50. The summed E-state index contributed by atoms with van der Waals surface area (Å²) in [5.74, 6) is 0.853. The zero-order chi connectivity index (χ0) is 20.9. The number of pyridine rings is 1. The Morgan fingerprint density at radius 2 is 2.00 bits per heavy atom. The van der Waals surface area contributed by atoms with E-state index in [1.807, 2.05) is 48.7 Å². The summed E-state index contributed by atoms with van der Waals surface area (Å²) in [5.41, 5.74) is 9.32. The first-order chi connectivity index (χ1) is 14.6. The molecule has 4 rings (SSSR count). The maximum Gasteiger partial charge on any atom is 0.120 e. The average Bonchev–Trinajstić information content (AvgIpc) is 3.16. The molecule has 3 aromatic rings. The molecule has 0 amide bonds. The van der Waals surface area contributed by atoms with Crippen LogP contribution in [0, 0.1) is 0 Å². The van der Waals surface area contributed by atoms with Crippen LogP contribution in [0.5, 0.6) is 5.75 Å². The topological polar surface area (TPSA) is 40.6 Å². The quantitative estimate of drug-likeness (QED) is 0.599. The van der Waals surface area contributed by atoms with Gasteiger partial charge in [0.1, 0.15) is 5.75 Å². The fourth-order valence-electron chi connectivity index (χ4n) is 3.63. The second-order valence-electron chi connectivity index (χ2n) is 7.33. The second kappa shape index (κ2) is 9.09. The van der Waals surface area contributed by atoms with Crippen LogP contribution in [-0.4, -0.2) is 32.2 Å². The van der Waals surface area contributed by atoms with Gasteiger partial charge >= 0.3 is 0 Å². The fraction of sp³-hybridized carbons (Fsp3) is 0.208. The van der Waals surface area contributed by atoms with Crippen LogP contribution in [0.15, 0.2) is 84.3 Å². The van der Waals surface area contributed by atoms with Gasteiger partial charge in [-0.15, -0.1) is 0 Å². The van der Waals surface area contributed by atoms with E-state index in [9.17, 15) is 0 Å². The van der Waals surface area contributed by atoms with E-state index in [1.54, 1.807) is 13.3 Å². The highest BCUT2D eigenvalue weighted by Crippen LogP contribution is 2.30. The van der Waals surface area contributed by atoms with E-state index in [2.05, 4.69) is 45.6 Å². The Morgan fingerprint density at radius 1 is 1.13 bits per heavy atom. The minimum absolute atomic E-state index is 0.730. The number of para-hydroxylation sites is 1. The monoisotopic (exact) mass is 420 g/mol. The summed E-state index contributed by atoms with van der Waals surface area (Å²) >= 11 is 6.46. The molecule has 0 radical (unpaired) electrons. The van der Waals surface area contributed by atoms with Crippen molar-refractivity contribution in [1.82, 2.24) is 10.4 Å². The van der Waals surface area contributed by atoms with Gasteiger partial charge in [0.2, 0.25) is 0 Å². The summed E-state index contributed by atoms with van der Waals surface area (Å²) in [5, 5.41) is 2.84. The summed E-state index contributed by atoms with van der Waals surface area (Å²) in [6, 6.07) is 20.1. The fourth-order valence-corrected chi connectivity index (χ4v) is 3.86. The number of nitrogens with zero attached hydrogens (tertiary/aromatic N) is 3. The molecule has 0 saturated heterocycles. The average molecular weight is 421 g/mol. The van der Waals surface area contributed by atoms with Crippen LogP contribution in [0.1, 0.15) is 5.56 Å². The molecule has 1 aliphatic rings. The van der Waals surface area contributed by atoms with Crippen molar-refractivity contribution in [2.75, 3.05) is 37.2 Å². The smallest absolute Gasteiger partial charge is 0.120 e.